The van der Waals surface area contributed by atoms with E-state index in [1.165, 1.54) is 30.0 Å². The second-order valence-corrected chi connectivity index (χ2v) is 26.5. The highest BCUT2D eigenvalue weighted by Crippen LogP contribution is 2.44. The number of benzene rings is 1. The molecular weight excluding hydrogens is 651 g/mol. The van der Waals surface area contributed by atoms with Crippen molar-refractivity contribution in [1.82, 2.24) is 9.55 Å². The number of methoxy groups -OCH3 is 1. The Kier molecular flexibility index (Phi) is 11.9. The lowest BCUT2D eigenvalue weighted by Gasteiger charge is -2.40. The first-order chi connectivity index (χ1) is 21.8. The maximum atomic E-state index is 13.2. The molecular formula is C34H57N3O9Si2. The number of hydrogen-bond donors (Lipinski definition) is 1. The van der Waals surface area contributed by atoms with Gasteiger partial charge in [0.2, 0.25) is 0 Å². The molecule has 0 bridgehead atoms. The standard InChI is InChI=1S/C34H57N3O9Si2/c1-32(2,3)29(24-17-23(42-10)15-16-25(24)37(40)41)43-20-22-19-36(31(39)35-30(22)38)28-18-26(46-48(13,14)34(7,8)9)27(45-28)21-44-47(11,12)33(4,5)6/h15-17,19,26-29H,18,20-21H2,1-14H3,(H,35,38,39)/t26-,27+,28+,29+/m0/s1. The van der Waals surface area contributed by atoms with Crippen molar-refractivity contribution in [1.29, 1.82) is 0 Å². The molecule has 1 aromatic heterocycles. The molecule has 1 aromatic carbocycles. The summed E-state index contributed by atoms with van der Waals surface area (Å²) in [5.41, 5.74) is -1.42. The fraction of sp³-hybridized carbons (Fsp3) is 0.706. The van der Waals surface area contributed by atoms with Crippen molar-refractivity contribution in [3.05, 3.63) is 66.5 Å². The zero-order valence-electron chi connectivity index (χ0n) is 31.3. The van der Waals surface area contributed by atoms with E-state index in [4.69, 9.17) is 23.1 Å². The summed E-state index contributed by atoms with van der Waals surface area (Å²) in [5.74, 6) is 0.444. The summed E-state index contributed by atoms with van der Waals surface area (Å²) >= 11 is 0. The van der Waals surface area contributed by atoms with E-state index in [0.29, 0.717) is 24.3 Å². The van der Waals surface area contributed by atoms with Crippen LogP contribution in [0.4, 0.5) is 5.69 Å². The van der Waals surface area contributed by atoms with Gasteiger partial charge in [0.25, 0.3) is 11.2 Å². The normalized spacial score (nSPS) is 20.2. The Bertz CT molecular complexity index is 1570. The highest BCUT2D eigenvalue weighted by molar-refractivity contribution is 6.74. The number of nitrogens with one attached hydrogen (secondary N) is 1. The lowest BCUT2D eigenvalue weighted by Crippen LogP contribution is -2.48. The molecule has 1 aliphatic heterocycles. The van der Waals surface area contributed by atoms with Crippen LogP contribution in [0.15, 0.2) is 34.0 Å². The van der Waals surface area contributed by atoms with Gasteiger partial charge in [0.15, 0.2) is 16.6 Å². The largest absolute Gasteiger partial charge is 0.497 e. The first-order valence-corrected chi connectivity index (χ1v) is 22.4. The maximum Gasteiger partial charge on any atom is 0.330 e. The Morgan fingerprint density at radius 2 is 1.62 bits per heavy atom. The van der Waals surface area contributed by atoms with Crippen LogP contribution in [-0.4, -0.2) is 57.0 Å². The third kappa shape index (κ3) is 9.13. The van der Waals surface area contributed by atoms with Crippen LogP contribution in [0.2, 0.25) is 36.3 Å². The third-order valence-corrected chi connectivity index (χ3v) is 19.1. The molecule has 0 unspecified atom stereocenters. The van der Waals surface area contributed by atoms with E-state index in [0.717, 1.165) is 0 Å². The highest BCUT2D eigenvalue weighted by atomic mass is 28.4. The van der Waals surface area contributed by atoms with E-state index in [2.05, 4.69) is 72.7 Å². The Balaban J connectivity index is 1.97. The number of rotatable bonds is 12. The molecule has 3 rings (SSSR count). The SMILES string of the molecule is COc1ccc([N+](=O)[O-])c([C@@H](OCc2cn([C@H]3C[C@H](O[Si](C)(C)C(C)(C)C)[C@@H](CO[Si](C)(C)C(C)(C)C)O3)c(=O)[nH]c2=O)C(C)(C)C)c1. The third-order valence-electron chi connectivity index (χ3n) is 10.1. The quantitative estimate of drug-likeness (QED) is 0.135. The molecule has 1 saturated heterocycles. The predicted octanol–water partition coefficient (Wildman–Crippen LogP) is 7.46. The van der Waals surface area contributed by atoms with Gasteiger partial charge in [-0.15, -0.1) is 0 Å². The molecule has 14 heteroatoms. The molecule has 4 atom stereocenters. The van der Waals surface area contributed by atoms with Crippen LogP contribution in [0.1, 0.15) is 92.2 Å². The van der Waals surface area contributed by atoms with Crippen molar-refractivity contribution in [2.75, 3.05) is 13.7 Å². The summed E-state index contributed by atoms with van der Waals surface area (Å²) in [7, 11) is -2.86. The van der Waals surface area contributed by atoms with Gasteiger partial charge in [0, 0.05) is 18.7 Å². The molecule has 1 N–H and O–H groups in total. The second kappa shape index (κ2) is 14.3. The minimum Gasteiger partial charge on any atom is -0.497 e. The predicted molar refractivity (Wildman–Crippen MR) is 192 cm³/mol. The zero-order chi connectivity index (χ0) is 36.6. The first-order valence-electron chi connectivity index (χ1n) is 16.5. The molecule has 0 amide bonds. The Labute approximate surface area is 286 Å². The van der Waals surface area contributed by atoms with Crippen LogP contribution in [0.3, 0.4) is 0 Å². The lowest BCUT2D eigenvalue weighted by atomic mass is 9.83. The summed E-state index contributed by atoms with van der Waals surface area (Å²) < 4.78 is 33.0. The molecule has 2 heterocycles. The number of aromatic amines is 1. The van der Waals surface area contributed by atoms with Crippen molar-refractivity contribution in [3.63, 3.8) is 0 Å². The lowest BCUT2D eigenvalue weighted by molar-refractivity contribution is -0.386. The van der Waals surface area contributed by atoms with Crippen LogP contribution in [0.25, 0.3) is 0 Å². The van der Waals surface area contributed by atoms with Gasteiger partial charge in [0.05, 0.1) is 48.6 Å². The van der Waals surface area contributed by atoms with Crippen molar-refractivity contribution < 1.29 is 28.0 Å². The van der Waals surface area contributed by atoms with Gasteiger partial charge in [-0.1, -0.05) is 62.3 Å². The number of hydrogen-bond acceptors (Lipinski definition) is 9. The summed E-state index contributed by atoms with van der Waals surface area (Å²) in [5, 5.41) is 11.9. The van der Waals surface area contributed by atoms with Gasteiger partial charge in [-0.2, -0.15) is 0 Å². The van der Waals surface area contributed by atoms with E-state index in [1.807, 2.05) is 20.8 Å². The number of nitro benzene ring substituents is 1. The number of nitrogens with zero attached hydrogens (tertiary/aromatic N) is 2. The molecule has 0 radical (unpaired) electrons. The van der Waals surface area contributed by atoms with Crippen LogP contribution in [0.5, 0.6) is 5.75 Å². The monoisotopic (exact) mass is 707 g/mol. The van der Waals surface area contributed by atoms with Crippen molar-refractivity contribution in [3.8, 4) is 5.75 Å². The topological polar surface area (TPSA) is 144 Å². The van der Waals surface area contributed by atoms with E-state index in [1.54, 1.807) is 6.07 Å². The maximum absolute atomic E-state index is 13.2. The Morgan fingerprint density at radius 1 is 1.02 bits per heavy atom. The van der Waals surface area contributed by atoms with Crippen LogP contribution >= 0.6 is 0 Å². The van der Waals surface area contributed by atoms with Gasteiger partial charge in [0.1, 0.15) is 18.1 Å². The molecule has 0 aliphatic carbocycles. The molecule has 1 fully saturated rings. The smallest absolute Gasteiger partial charge is 0.330 e. The highest BCUT2D eigenvalue weighted by Gasteiger charge is 2.47. The molecule has 270 valence electrons. The number of ether oxygens (including phenoxy) is 3. The molecule has 2 aromatic rings. The average Bonchev–Trinajstić information content (AvgIpc) is 3.32. The van der Waals surface area contributed by atoms with E-state index in [9.17, 15) is 19.7 Å². The van der Waals surface area contributed by atoms with E-state index < -0.39 is 56.7 Å². The Morgan fingerprint density at radius 3 is 2.15 bits per heavy atom. The fourth-order valence-corrected chi connectivity index (χ4v) is 7.44. The minimum absolute atomic E-state index is 0.00176. The van der Waals surface area contributed by atoms with Crippen LogP contribution in [0, 0.1) is 15.5 Å². The van der Waals surface area contributed by atoms with E-state index >= 15 is 0 Å². The number of aromatic nitrogens is 2. The molecule has 12 nitrogen and oxygen atoms in total. The summed E-state index contributed by atoms with van der Waals surface area (Å²) in [6, 6.07) is 4.49. The summed E-state index contributed by atoms with van der Waals surface area (Å²) in [6.45, 7) is 27.6. The van der Waals surface area contributed by atoms with Crippen LogP contribution < -0.4 is 16.0 Å². The molecule has 0 spiro atoms. The minimum atomic E-state index is -2.23. The molecule has 0 saturated carbocycles. The van der Waals surface area contributed by atoms with Crippen molar-refractivity contribution >= 4 is 22.3 Å². The van der Waals surface area contributed by atoms with Gasteiger partial charge >= 0.3 is 5.69 Å². The van der Waals surface area contributed by atoms with Gasteiger partial charge in [-0.3, -0.25) is 24.5 Å². The first kappa shape index (κ1) is 39.8. The molecule has 1 aliphatic rings. The van der Waals surface area contributed by atoms with Crippen molar-refractivity contribution in [2.45, 2.75) is 136 Å². The Hall–Kier alpha value is -2.63. The molecule has 48 heavy (non-hydrogen) atoms. The van der Waals surface area contributed by atoms with Gasteiger partial charge in [-0.05, 0) is 53.8 Å². The fourth-order valence-electron chi connectivity index (χ4n) is 5.07. The van der Waals surface area contributed by atoms with E-state index in [-0.39, 0.29) is 34.0 Å². The zero-order valence-corrected chi connectivity index (χ0v) is 33.3. The second-order valence-electron chi connectivity index (χ2n) is 16.9. The number of H-pyrrole nitrogens is 1. The average molecular weight is 708 g/mol. The van der Waals surface area contributed by atoms with Crippen LogP contribution in [-0.2, 0) is 24.9 Å². The summed E-state index contributed by atoms with van der Waals surface area (Å²) in [4.78, 5) is 40.2. The van der Waals surface area contributed by atoms with Crippen molar-refractivity contribution in [2.24, 2.45) is 5.41 Å². The van der Waals surface area contributed by atoms with Gasteiger partial charge in [-0.25, -0.2) is 4.79 Å². The number of nitro groups is 1. The summed E-state index contributed by atoms with van der Waals surface area (Å²) in [6.07, 6.45) is -0.381. The van der Waals surface area contributed by atoms with Gasteiger partial charge < -0.3 is 23.1 Å².